The van der Waals surface area contributed by atoms with E-state index in [1.807, 2.05) is 6.07 Å². The highest BCUT2D eigenvalue weighted by atomic mass is 16.5. The molecule has 1 aliphatic heterocycles. The molecule has 1 saturated heterocycles. The Kier molecular flexibility index (Phi) is 3.17. The van der Waals surface area contributed by atoms with E-state index in [4.69, 9.17) is 4.74 Å². The summed E-state index contributed by atoms with van der Waals surface area (Å²) in [5, 5.41) is 3.52. The second-order valence-corrected chi connectivity index (χ2v) is 3.84. The molecular weight excluding hydrogens is 174 g/mol. The van der Waals surface area contributed by atoms with Gasteiger partial charge in [0, 0.05) is 19.2 Å². The van der Waals surface area contributed by atoms with Gasteiger partial charge in [0.25, 0.3) is 0 Å². The molecule has 0 amide bonds. The van der Waals surface area contributed by atoms with Crippen LogP contribution in [0.3, 0.4) is 0 Å². The Morgan fingerprint density at radius 3 is 2.79 bits per heavy atom. The fraction of sp³-hybridized carbons (Fsp3) is 0.500. The Balaban J connectivity index is 1.82. The van der Waals surface area contributed by atoms with Gasteiger partial charge in [-0.25, -0.2) is 0 Å². The van der Waals surface area contributed by atoms with Crippen LogP contribution in [0.2, 0.25) is 0 Å². The maximum Gasteiger partial charge on any atom is 0.0700 e. The molecule has 2 nitrogen and oxygen atoms in total. The van der Waals surface area contributed by atoms with Gasteiger partial charge in [-0.3, -0.25) is 0 Å². The van der Waals surface area contributed by atoms with Gasteiger partial charge in [0.2, 0.25) is 0 Å². The van der Waals surface area contributed by atoms with Gasteiger partial charge < -0.3 is 10.1 Å². The van der Waals surface area contributed by atoms with E-state index in [0.717, 1.165) is 19.6 Å². The molecule has 14 heavy (non-hydrogen) atoms. The first kappa shape index (κ1) is 9.69. The van der Waals surface area contributed by atoms with E-state index in [9.17, 15) is 0 Å². The Hall–Kier alpha value is -0.860. The van der Waals surface area contributed by atoms with Gasteiger partial charge in [0.05, 0.1) is 6.10 Å². The van der Waals surface area contributed by atoms with Gasteiger partial charge in [-0.1, -0.05) is 30.3 Å². The van der Waals surface area contributed by atoms with E-state index >= 15 is 0 Å². The summed E-state index contributed by atoms with van der Waals surface area (Å²) in [7, 11) is 0. The summed E-state index contributed by atoms with van der Waals surface area (Å²) in [5.74, 6) is 0. The normalized spacial score (nSPS) is 26.6. The highest BCUT2D eigenvalue weighted by Gasteiger charge is 2.22. The molecule has 0 spiro atoms. The molecule has 76 valence electrons. The lowest BCUT2D eigenvalue weighted by Gasteiger charge is -2.15. The SMILES string of the molecule is C[C@@H]1OCC[C@H]1NCc1ccccc1. The van der Waals surface area contributed by atoms with E-state index in [2.05, 4.69) is 36.5 Å². The number of hydrogen-bond donors (Lipinski definition) is 1. The first-order valence-electron chi connectivity index (χ1n) is 5.25. The molecule has 1 heterocycles. The second-order valence-electron chi connectivity index (χ2n) is 3.84. The van der Waals surface area contributed by atoms with Crippen LogP contribution in [0.4, 0.5) is 0 Å². The van der Waals surface area contributed by atoms with E-state index in [1.54, 1.807) is 0 Å². The quantitative estimate of drug-likeness (QED) is 0.788. The van der Waals surface area contributed by atoms with Crippen LogP contribution in [0.15, 0.2) is 30.3 Å². The van der Waals surface area contributed by atoms with Crippen molar-refractivity contribution in [2.45, 2.75) is 32.0 Å². The Bertz CT molecular complexity index is 273. The Morgan fingerprint density at radius 1 is 1.36 bits per heavy atom. The smallest absolute Gasteiger partial charge is 0.0700 e. The molecule has 0 aromatic heterocycles. The molecule has 0 saturated carbocycles. The van der Waals surface area contributed by atoms with Crippen molar-refractivity contribution in [3.8, 4) is 0 Å². The minimum Gasteiger partial charge on any atom is -0.377 e. The molecule has 1 aromatic rings. The number of nitrogens with one attached hydrogen (secondary N) is 1. The molecule has 0 aliphatic carbocycles. The molecule has 2 atom stereocenters. The zero-order valence-electron chi connectivity index (χ0n) is 8.57. The molecule has 1 N–H and O–H groups in total. The van der Waals surface area contributed by atoms with Crippen LogP contribution in [0.25, 0.3) is 0 Å². The zero-order valence-corrected chi connectivity index (χ0v) is 8.57. The molecule has 1 fully saturated rings. The Morgan fingerprint density at radius 2 is 2.14 bits per heavy atom. The van der Waals surface area contributed by atoms with Gasteiger partial charge >= 0.3 is 0 Å². The molecule has 0 bridgehead atoms. The van der Waals surface area contributed by atoms with E-state index in [1.165, 1.54) is 5.56 Å². The predicted octanol–water partition coefficient (Wildman–Crippen LogP) is 1.95. The monoisotopic (exact) mass is 191 g/mol. The van der Waals surface area contributed by atoms with Crippen molar-refractivity contribution in [1.82, 2.24) is 5.32 Å². The third kappa shape index (κ3) is 2.34. The molecule has 0 radical (unpaired) electrons. The first-order valence-corrected chi connectivity index (χ1v) is 5.25. The fourth-order valence-corrected chi connectivity index (χ4v) is 1.84. The lowest BCUT2D eigenvalue weighted by atomic mass is 10.1. The highest BCUT2D eigenvalue weighted by Crippen LogP contribution is 2.13. The third-order valence-corrected chi connectivity index (χ3v) is 2.79. The fourth-order valence-electron chi connectivity index (χ4n) is 1.84. The van der Waals surface area contributed by atoms with Crippen molar-refractivity contribution in [2.24, 2.45) is 0 Å². The first-order chi connectivity index (χ1) is 6.86. The second kappa shape index (κ2) is 4.58. The van der Waals surface area contributed by atoms with Crippen molar-refractivity contribution in [2.75, 3.05) is 6.61 Å². The Labute approximate surface area is 85.3 Å². The van der Waals surface area contributed by atoms with Crippen molar-refractivity contribution in [1.29, 1.82) is 0 Å². The molecule has 1 aromatic carbocycles. The molecular formula is C12H17NO. The van der Waals surface area contributed by atoms with Gasteiger partial charge in [0.1, 0.15) is 0 Å². The number of benzene rings is 1. The van der Waals surface area contributed by atoms with Gasteiger partial charge in [-0.2, -0.15) is 0 Å². The highest BCUT2D eigenvalue weighted by molar-refractivity contribution is 5.14. The van der Waals surface area contributed by atoms with Crippen molar-refractivity contribution in [3.63, 3.8) is 0 Å². The molecule has 1 aliphatic rings. The molecule has 2 rings (SSSR count). The third-order valence-electron chi connectivity index (χ3n) is 2.79. The van der Waals surface area contributed by atoms with Crippen LogP contribution in [0.5, 0.6) is 0 Å². The van der Waals surface area contributed by atoms with Crippen LogP contribution in [-0.2, 0) is 11.3 Å². The van der Waals surface area contributed by atoms with Crippen molar-refractivity contribution >= 4 is 0 Å². The van der Waals surface area contributed by atoms with E-state index in [-0.39, 0.29) is 0 Å². The zero-order chi connectivity index (χ0) is 9.80. The summed E-state index contributed by atoms with van der Waals surface area (Å²) in [4.78, 5) is 0. The van der Waals surface area contributed by atoms with Gasteiger partial charge in [-0.15, -0.1) is 0 Å². The lowest BCUT2D eigenvalue weighted by Crippen LogP contribution is -2.34. The largest absolute Gasteiger partial charge is 0.377 e. The summed E-state index contributed by atoms with van der Waals surface area (Å²) < 4.78 is 5.49. The molecule has 0 unspecified atom stereocenters. The van der Waals surface area contributed by atoms with Gasteiger partial charge in [0.15, 0.2) is 0 Å². The van der Waals surface area contributed by atoms with Crippen molar-refractivity contribution < 1.29 is 4.74 Å². The summed E-state index contributed by atoms with van der Waals surface area (Å²) in [6.45, 7) is 3.97. The van der Waals surface area contributed by atoms with E-state index < -0.39 is 0 Å². The average Bonchev–Trinajstić information content (AvgIpc) is 2.63. The minimum absolute atomic E-state index is 0.360. The predicted molar refractivity (Wildman–Crippen MR) is 57.1 cm³/mol. The maximum atomic E-state index is 5.49. The van der Waals surface area contributed by atoms with Crippen LogP contribution in [0.1, 0.15) is 18.9 Å². The number of hydrogen-bond acceptors (Lipinski definition) is 2. The number of ether oxygens (including phenoxy) is 1. The molecule has 2 heteroatoms. The van der Waals surface area contributed by atoms with Crippen LogP contribution < -0.4 is 5.32 Å². The minimum atomic E-state index is 0.360. The van der Waals surface area contributed by atoms with Crippen molar-refractivity contribution in [3.05, 3.63) is 35.9 Å². The standard InChI is InChI=1S/C12H17NO/c1-10-12(7-8-14-10)13-9-11-5-3-2-4-6-11/h2-6,10,12-13H,7-9H2,1H3/t10-,12+/m0/s1. The average molecular weight is 191 g/mol. The summed E-state index contributed by atoms with van der Waals surface area (Å²) in [6.07, 6.45) is 1.49. The number of rotatable bonds is 3. The van der Waals surface area contributed by atoms with Gasteiger partial charge in [-0.05, 0) is 18.9 Å². The summed E-state index contributed by atoms with van der Waals surface area (Å²) >= 11 is 0. The lowest BCUT2D eigenvalue weighted by molar-refractivity contribution is 0.113. The van der Waals surface area contributed by atoms with Crippen LogP contribution in [-0.4, -0.2) is 18.8 Å². The topological polar surface area (TPSA) is 21.3 Å². The van der Waals surface area contributed by atoms with E-state index in [0.29, 0.717) is 12.1 Å². The maximum absolute atomic E-state index is 5.49. The summed E-state index contributed by atoms with van der Waals surface area (Å²) in [5.41, 5.74) is 1.34. The van der Waals surface area contributed by atoms with Crippen LogP contribution in [0, 0.1) is 0 Å². The van der Waals surface area contributed by atoms with Crippen LogP contribution >= 0.6 is 0 Å². The summed E-state index contributed by atoms with van der Waals surface area (Å²) in [6, 6.07) is 11.0.